The molecule has 0 aliphatic heterocycles. The maximum atomic E-state index is 7.13. The molecule has 0 aromatic rings. The second-order valence-electron chi connectivity index (χ2n) is 2.10. The van der Waals surface area contributed by atoms with Crippen molar-refractivity contribution in [1.82, 2.24) is 0 Å². The van der Waals surface area contributed by atoms with Crippen LogP contribution in [0.2, 0.25) is 0 Å². The van der Waals surface area contributed by atoms with Crippen LogP contribution in [0.3, 0.4) is 0 Å². The molecule has 0 aromatic carbocycles. The van der Waals surface area contributed by atoms with Gasteiger partial charge in [0, 0.05) is 39.3 Å². The van der Waals surface area contributed by atoms with Gasteiger partial charge in [0.2, 0.25) is 0 Å². The molecule has 0 atom stereocenters. The third kappa shape index (κ3) is 2020. The quantitative estimate of drug-likeness (QED) is 0.136. The summed E-state index contributed by atoms with van der Waals surface area (Å²) in [5.41, 5.74) is 29.4. The minimum atomic E-state index is 0. The van der Waals surface area contributed by atoms with Crippen LogP contribution in [0.25, 0.3) is 0 Å². The van der Waals surface area contributed by atoms with E-state index in [4.69, 9.17) is 55.4 Å². The molecule has 0 unspecified atom stereocenters. The summed E-state index contributed by atoms with van der Waals surface area (Å²) < 4.78 is 0. The molecule has 0 bridgehead atoms. The first-order chi connectivity index (χ1) is 11.4. The Morgan fingerprint density at radius 1 is 0.440 bits per heavy atom. The van der Waals surface area contributed by atoms with Gasteiger partial charge >= 0.3 is 21.1 Å². The van der Waals surface area contributed by atoms with Crippen molar-refractivity contribution in [2.75, 3.05) is 39.3 Å². The molecule has 0 aliphatic carbocycles. The van der Waals surface area contributed by atoms with Gasteiger partial charge < -0.3 is 84.9 Å². The fraction of sp³-hybridized carbons (Fsp3) is 0.600. The van der Waals surface area contributed by atoms with E-state index in [0.717, 1.165) is 0 Å². The third-order valence-corrected chi connectivity index (χ3v) is 0.500. The smallest absolute Gasteiger partial charge is 0.696 e. The maximum absolute atomic E-state index is 7.13. The number of nitriles is 4. The zero-order valence-electron chi connectivity index (χ0n) is 13.4. The van der Waals surface area contributed by atoms with Gasteiger partial charge in [0.05, 0.1) is 0 Å². The molecule has 0 amide bonds. The molecule has 148 valence electrons. The Morgan fingerprint density at radius 2 is 0.480 bits per heavy atom. The van der Waals surface area contributed by atoms with Gasteiger partial charge in [-0.05, 0) is 0 Å². The molecular weight excluding hydrogens is 584 g/mol. The van der Waals surface area contributed by atoms with Crippen LogP contribution in [-0.4, -0.2) is 39.3 Å². The summed E-state index contributed by atoms with van der Waals surface area (Å²) in [6.45, 7) is 3.58. The molecule has 0 aliphatic rings. The van der Waals surface area contributed by atoms with Gasteiger partial charge in [-0.3, -0.25) is 0 Å². The Balaban J connectivity index is -0.0000000224. The molecule has 15 heteroatoms. The second-order valence-corrected chi connectivity index (χ2v) is 2.83. The average molecular weight is 608 g/mol. The van der Waals surface area contributed by atoms with E-state index in [1.807, 2.05) is 0 Å². The van der Waals surface area contributed by atoms with Crippen molar-refractivity contribution in [2.45, 2.75) is 0 Å². The molecule has 10 nitrogen and oxygen atoms in total. The zero-order valence-corrected chi connectivity index (χ0v) is 19.0. The molecule has 0 spiro atoms. The van der Waals surface area contributed by atoms with Crippen LogP contribution >= 0.6 is 0 Å². The summed E-state index contributed by atoms with van der Waals surface area (Å²) in [4.78, 5) is 0. The van der Waals surface area contributed by atoms with Crippen LogP contribution in [0.1, 0.15) is 0 Å². The molecule has 0 radical (unpaired) electrons. The predicted octanol–water partition coefficient (Wildman–Crippen LogP) is -3.23. The zero-order chi connectivity index (χ0) is 21.1. The van der Waals surface area contributed by atoms with Crippen LogP contribution in [0, 0.1) is 42.7 Å². The van der Waals surface area contributed by atoms with E-state index in [2.05, 4.69) is 50.5 Å². The van der Waals surface area contributed by atoms with E-state index < -0.39 is 0 Å². The Bertz CT molecular complexity index is 235. The van der Waals surface area contributed by atoms with Gasteiger partial charge in [0.25, 0.3) is 0 Å². The van der Waals surface area contributed by atoms with Crippen LogP contribution in [0.15, 0.2) is 0 Å². The summed E-state index contributed by atoms with van der Waals surface area (Å²) >= 11 is 14.8. The maximum Gasteiger partial charge on any atom is 4.00 e. The summed E-state index contributed by atoms with van der Waals surface area (Å²) in [5.74, 6) is 0. The Kier molecular flexibility index (Phi) is 266. The summed E-state index contributed by atoms with van der Waals surface area (Å²) in [7, 11) is 0. The molecular formula is C10H24N10PtS4. The van der Waals surface area contributed by atoms with E-state index in [9.17, 15) is 0 Å². The van der Waals surface area contributed by atoms with Gasteiger partial charge in [-0.2, -0.15) is 0 Å². The Hall–Kier alpha value is -0.712. The van der Waals surface area contributed by atoms with Crippen LogP contribution in [0.5, 0.6) is 0 Å². The van der Waals surface area contributed by atoms with Crippen LogP contribution in [-0.2, 0) is 71.6 Å². The van der Waals surface area contributed by atoms with Crippen LogP contribution in [0.4, 0.5) is 0 Å². The molecule has 0 fully saturated rings. The average Bonchev–Trinajstić information content (AvgIpc) is 2.58. The fourth-order valence-corrected chi connectivity index (χ4v) is 0. The van der Waals surface area contributed by atoms with Gasteiger partial charge in [-0.1, -0.05) is 21.6 Å². The standard InChI is InChI=1S/3C2H8N2.4CHNS.Pt/c3*3-1-2-4;4*2-1-3;/h3*1-4H2;4*3H;/q;;;;;;;+4/p-4. The summed E-state index contributed by atoms with van der Waals surface area (Å²) in [6.07, 6.45) is 0. The van der Waals surface area contributed by atoms with Gasteiger partial charge in [0.15, 0.2) is 0 Å². The molecule has 12 N–H and O–H groups in total. The first-order valence-electron chi connectivity index (χ1n) is 5.66. The minimum absolute atomic E-state index is 0. The molecule has 0 rings (SSSR count). The number of hydrogen-bond donors (Lipinski definition) is 6. The topological polar surface area (TPSA) is 251 Å². The summed E-state index contributed by atoms with van der Waals surface area (Å²) in [6, 6.07) is 0. The first kappa shape index (κ1) is 49.7. The van der Waals surface area contributed by atoms with E-state index in [1.54, 1.807) is 0 Å². The SMILES string of the molecule is N#C[S-].N#C[S-].N#C[S-].N#C[S-].NCCN.NCCN.NCCN.[Pt+4]. The Morgan fingerprint density at radius 3 is 0.480 bits per heavy atom. The monoisotopic (exact) mass is 607 g/mol. The largest absolute Gasteiger partial charge is 4.00 e. The number of rotatable bonds is 3. The van der Waals surface area contributed by atoms with Gasteiger partial charge in [-0.15, -0.1) is 0 Å². The van der Waals surface area contributed by atoms with Crippen molar-refractivity contribution in [3.63, 3.8) is 0 Å². The van der Waals surface area contributed by atoms with Crippen molar-refractivity contribution in [3.05, 3.63) is 0 Å². The molecule has 0 saturated heterocycles. The normalized spacial score (nSPS) is 4.72. The van der Waals surface area contributed by atoms with Crippen molar-refractivity contribution in [2.24, 2.45) is 34.4 Å². The second kappa shape index (κ2) is 134. The molecule has 0 saturated carbocycles. The third-order valence-electron chi connectivity index (χ3n) is 0.500. The van der Waals surface area contributed by atoms with Gasteiger partial charge in [-0.25, -0.2) is 21.0 Å². The van der Waals surface area contributed by atoms with Crippen molar-refractivity contribution >= 4 is 50.5 Å². The molecule has 25 heavy (non-hydrogen) atoms. The van der Waals surface area contributed by atoms with E-state index in [1.165, 1.54) is 21.6 Å². The van der Waals surface area contributed by atoms with E-state index in [0.29, 0.717) is 39.3 Å². The predicted molar refractivity (Wildman–Crippen MR) is 106 cm³/mol. The van der Waals surface area contributed by atoms with Crippen molar-refractivity contribution in [3.8, 4) is 21.6 Å². The van der Waals surface area contributed by atoms with E-state index in [-0.39, 0.29) is 21.1 Å². The fourth-order valence-electron chi connectivity index (χ4n) is 0. The number of hydrogen-bond acceptors (Lipinski definition) is 14. The number of nitrogens with zero attached hydrogens (tertiary/aromatic N) is 4. The Labute approximate surface area is 187 Å². The number of nitrogens with two attached hydrogens (primary N) is 6. The molecule has 0 aromatic heterocycles. The number of thiocyanates is 4. The van der Waals surface area contributed by atoms with Crippen molar-refractivity contribution < 1.29 is 21.1 Å². The van der Waals surface area contributed by atoms with Crippen LogP contribution < -0.4 is 34.4 Å². The van der Waals surface area contributed by atoms with Crippen molar-refractivity contribution in [1.29, 1.82) is 21.0 Å². The minimum Gasteiger partial charge on any atom is -0.696 e. The first-order valence-corrected chi connectivity index (χ1v) is 7.29. The summed E-state index contributed by atoms with van der Waals surface area (Å²) in [5, 5.41) is 33.9. The molecule has 0 heterocycles. The van der Waals surface area contributed by atoms with Gasteiger partial charge in [0.1, 0.15) is 0 Å². The van der Waals surface area contributed by atoms with E-state index >= 15 is 0 Å².